The molecule has 0 saturated carbocycles. The molecule has 0 fully saturated rings. The Balaban J connectivity index is 1.24. The molecule has 248 valence electrons. The maximum Gasteiger partial charge on any atom is 0.266 e. The second-order valence-corrected chi connectivity index (χ2v) is 13.1. The van der Waals surface area contributed by atoms with Crippen molar-refractivity contribution in [1.29, 1.82) is 0 Å². The molecule has 0 radical (unpaired) electrons. The number of carbonyl (C=O) groups is 2. The van der Waals surface area contributed by atoms with Gasteiger partial charge < -0.3 is 19.7 Å². The van der Waals surface area contributed by atoms with Crippen molar-refractivity contribution in [3.63, 3.8) is 0 Å². The van der Waals surface area contributed by atoms with E-state index in [0.29, 0.717) is 55.2 Å². The van der Waals surface area contributed by atoms with Crippen molar-refractivity contribution in [3.8, 4) is 22.6 Å². The maximum atomic E-state index is 15.1. The molecule has 2 N–H and O–H groups in total. The molecule has 2 heterocycles. The molecule has 1 aliphatic rings. The topological polar surface area (TPSA) is 140 Å². The van der Waals surface area contributed by atoms with Crippen LogP contribution in [0.4, 0.5) is 10.1 Å². The third kappa shape index (κ3) is 8.28. The summed E-state index contributed by atoms with van der Waals surface area (Å²) in [7, 11) is -4.26. The van der Waals surface area contributed by atoms with Gasteiger partial charge in [-0.15, -0.1) is 0 Å². The summed E-state index contributed by atoms with van der Waals surface area (Å²) in [6.45, 7) is 4.80. The normalized spacial score (nSPS) is 12.7. The Labute approximate surface area is 277 Å². The molecule has 0 saturated heterocycles. The van der Waals surface area contributed by atoms with E-state index < -0.39 is 27.6 Å². The van der Waals surface area contributed by atoms with Gasteiger partial charge in [0.25, 0.3) is 16.0 Å². The molecule has 0 unspecified atom stereocenters. The molecular formula is C33H34ClFN4O7S. The zero-order chi connectivity index (χ0) is 33.7. The summed E-state index contributed by atoms with van der Waals surface area (Å²) in [5.74, 6) is -0.833. The molecule has 0 aliphatic carbocycles. The van der Waals surface area contributed by atoms with Crippen LogP contribution in [0.15, 0.2) is 60.9 Å². The van der Waals surface area contributed by atoms with Crippen molar-refractivity contribution in [1.82, 2.24) is 15.1 Å². The van der Waals surface area contributed by atoms with Crippen LogP contribution >= 0.6 is 11.6 Å². The molecule has 11 nitrogen and oxygen atoms in total. The SMILES string of the molecule is Cc1cccc(OCCCC(=O)N2CCOc3c(-c4cnn(Cc5c(F)cc(C(=O)NCCS(=O)(=O)O)cc5Cl)c4)cccc32)c1C. The largest absolute Gasteiger partial charge is 0.493 e. The van der Waals surface area contributed by atoms with E-state index in [1.807, 2.05) is 50.2 Å². The molecule has 4 aromatic rings. The average Bonchev–Trinajstić information content (AvgIpc) is 3.50. The number of amides is 2. The summed E-state index contributed by atoms with van der Waals surface area (Å²) in [6, 6.07) is 13.7. The summed E-state index contributed by atoms with van der Waals surface area (Å²) >= 11 is 6.33. The average molecular weight is 685 g/mol. The van der Waals surface area contributed by atoms with Crippen LogP contribution in [-0.2, 0) is 21.5 Å². The number of nitrogens with zero attached hydrogens (tertiary/aromatic N) is 3. The summed E-state index contributed by atoms with van der Waals surface area (Å²) in [5, 5.41) is 6.64. The molecule has 5 rings (SSSR count). The Kier molecular flexibility index (Phi) is 10.5. The fourth-order valence-electron chi connectivity index (χ4n) is 5.19. The van der Waals surface area contributed by atoms with E-state index in [2.05, 4.69) is 10.4 Å². The number of aromatic nitrogens is 2. The fraction of sp³-hybridized carbons (Fsp3) is 0.303. The standard InChI is InChI=1S/C33H34ClFN4O7S/c1-21-6-3-9-30(22(21)2)45-13-5-10-31(40)39-12-14-46-32-25(7-4-8-29(32)39)24-18-37-38(19-24)20-26-27(34)16-23(17-28(26)35)33(41)36-11-15-47(42,43)44/h3-4,6-9,16-19H,5,10-15,20H2,1-2H3,(H,36,41)(H,42,43,44). The Morgan fingerprint density at radius 1 is 1.17 bits per heavy atom. The van der Waals surface area contributed by atoms with Gasteiger partial charge in [0.05, 0.1) is 37.3 Å². The third-order valence-electron chi connectivity index (χ3n) is 7.81. The number of hydrogen-bond acceptors (Lipinski definition) is 7. The fourth-order valence-corrected chi connectivity index (χ4v) is 5.82. The Morgan fingerprint density at radius 2 is 1.96 bits per heavy atom. The molecule has 1 aromatic heterocycles. The first-order valence-electron chi connectivity index (χ1n) is 14.9. The van der Waals surface area contributed by atoms with Gasteiger partial charge in [0.2, 0.25) is 5.91 Å². The molecule has 0 spiro atoms. The van der Waals surface area contributed by atoms with Gasteiger partial charge in [-0.25, -0.2) is 4.39 Å². The maximum absolute atomic E-state index is 15.1. The van der Waals surface area contributed by atoms with E-state index in [1.165, 1.54) is 10.7 Å². The van der Waals surface area contributed by atoms with E-state index >= 15 is 4.39 Å². The van der Waals surface area contributed by atoms with Crippen molar-refractivity contribution in [2.75, 3.05) is 37.0 Å². The van der Waals surface area contributed by atoms with E-state index in [9.17, 15) is 18.0 Å². The highest BCUT2D eigenvalue weighted by atomic mass is 35.5. The third-order valence-corrected chi connectivity index (χ3v) is 8.87. The second kappa shape index (κ2) is 14.5. The van der Waals surface area contributed by atoms with Gasteiger partial charge in [-0.2, -0.15) is 13.5 Å². The first-order valence-corrected chi connectivity index (χ1v) is 16.9. The highest BCUT2D eigenvalue weighted by Gasteiger charge is 2.26. The molecular weight excluding hydrogens is 651 g/mol. The molecule has 1 aliphatic heterocycles. The lowest BCUT2D eigenvalue weighted by Crippen LogP contribution is -2.38. The quantitative estimate of drug-likeness (QED) is 0.153. The highest BCUT2D eigenvalue weighted by molar-refractivity contribution is 7.85. The van der Waals surface area contributed by atoms with E-state index in [1.54, 1.807) is 17.3 Å². The lowest BCUT2D eigenvalue weighted by molar-refractivity contribution is -0.119. The lowest BCUT2D eigenvalue weighted by Gasteiger charge is -2.31. The van der Waals surface area contributed by atoms with E-state index in [0.717, 1.165) is 22.9 Å². The number of ether oxygens (including phenoxy) is 2. The zero-order valence-corrected chi connectivity index (χ0v) is 27.4. The summed E-state index contributed by atoms with van der Waals surface area (Å²) < 4.78 is 59.1. The Hall–Kier alpha value is -4.46. The number of carbonyl (C=O) groups excluding carboxylic acids is 2. The minimum Gasteiger partial charge on any atom is -0.493 e. The minimum absolute atomic E-state index is 0.0176. The molecule has 3 aromatic carbocycles. The monoisotopic (exact) mass is 684 g/mol. The zero-order valence-electron chi connectivity index (χ0n) is 25.8. The Morgan fingerprint density at radius 3 is 2.72 bits per heavy atom. The predicted octanol–water partition coefficient (Wildman–Crippen LogP) is 5.21. The smallest absolute Gasteiger partial charge is 0.266 e. The van der Waals surface area contributed by atoms with Crippen LogP contribution in [0.5, 0.6) is 11.5 Å². The number of nitrogens with one attached hydrogen (secondary N) is 1. The van der Waals surface area contributed by atoms with Crippen molar-refractivity contribution >= 4 is 39.2 Å². The van der Waals surface area contributed by atoms with Gasteiger partial charge in [-0.05, 0) is 55.7 Å². The van der Waals surface area contributed by atoms with Gasteiger partial charge in [-0.1, -0.05) is 35.9 Å². The van der Waals surface area contributed by atoms with Gasteiger partial charge in [0.15, 0.2) is 5.75 Å². The van der Waals surface area contributed by atoms with Crippen molar-refractivity contribution in [2.24, 2.45) is 0 Å². The van der Waals surface area contributed by atoms with Crippen LogP contribution in [0.2, 0.25) is 5.02 Å². The molecule has 0 bridgehead atoms. The second-order valence-electron chi connectivity index (χ2n) is 11.1. The highest BCUT2D eigenvalue weighted by Crippen LogP contribution is 2.41. The number of anilines is 1. The Bertz CT molecular complexity index is 1890. The summed E-state index contributed by atoms with van der Waals surface area (Å²) in [6.07, 6.45) is 4.18. The first-order chi connectivity index (χ1) is 22.4. The number of benzene rings is 3. The number of para-hydroxylation sites is 1. The number of fused-ring (bicyclic) bond motifs is 1. The van der Waals surface area contributed by atoms with Crippen LogP contribution in [0.25, 0.3) is 11.1 Å². The van der Waals surface area contributed by atoms with Gasteiger partial charge in [0.1, 0.15) is 18.2 Å². The molecule has 14 heteroatoms. The number of halogens is 2. The first kappa shape index (κ1) is 33.9. The van der Waals surface area contributed by atoms with Crippen molar-refractivity contribution in [2.45, 2.75) is 33.2 Å². The van der Waals surface area contributed by atoms with Crippen LogP contribution in [0.3, 0.4) is 0 Å². The van der Waals surface area contributed by atoms with Crippen LogP contribution < -0.4 is 19.7 Å². The van der Waals surface area contributed by atoms with Crippen molar-refractivity contribution < 1.29 is 36.4 Å². The number of aryl methyl sites for hydroxylation is 1. The van der Waals surface area contributed by atoms with E-state index in [4.69, 9.17) is 25.6 Å². The van der Waals surface area contributed by atoms with Crippen LogP contribution in [-0.4, -0.2) is 66.6 Å². The summed E-state index contributed by atoms with van der Waals surface area (Å²) in [5.41, 5.74) is 4.28. The lowest BCUT2D eigenvalue weighted by atomic mass is 10.1. The summed E-state index contributed by atoms with van der Waals surface area (Å²) in [4.78, 5) is 27.3. The van der Waals surface area contributed by atoms with Crippen molar-refractivity contribution in [3.05, 3.63) is 94.0 Å². The molecule has 47 heavy (non-hydrogen) atoms. The van der Waals surface area contributed by atoms with Crippen LogP contribution in [0.1, 0.15) is 39.9 Å². The predicted molar refractivity (Wildman–Crippen MR) is 175 cm³/mol. The minimum atomic E-state index is -4.26. The molecule has 2 amide bonds. The van der Waals surface area contributed by atoms with Crippen LogP contribution in [0, 0.1) is 19.7 Å². The van der Waals surface area contributed by atoms with Gasteiger partial charge >= 0.3 is 0 Å². The van der Waals surface area contributed by atoms with Gasteiger partial charge in [-0.3, -0.25) is 18.8 Å². The van der Waals surface area contributed by atoms with Gasteiger partial charge in [0, 0.05) is 46.4 Å². The number of hydrogen-bond donors (Lipinski definition) is 2. The van der Waals surface area contributed by atoms with E-state index in [-0.39, 0.29) is 35.1 Å². The number of rotatable bonds is 12. The molecule has 0 atom stereocenters.